The SMILES string of the molecule is N#Cc1ccc(-n2c3ccccc3c3ccc4c(c5ccccc5n4-c4cccc5c4sc4ccccc45)c32)c(Cc2nc(-c3ccccc3-c3ccccc3)nc(-c3ccccc3-c3ccccc3)n2)c1. The molecule has 6 nitrogen and oxygen atoms in total. The largest absolute Gasteiger partial charge is 0.308 e. The summed E-state index contributed by atoms with van der Waals surface area (Å²) >= 11 is 1.85. The van der Waals surface area contributed by atoms with E-state index in [-0.39, 0.29) is 0 Å². The summed E-state index contributed by atoms with van der Waals surface area (Å²) < 4.78 is 7.40. The van der Waals surface area contributed by atoms with E-state index in [9.17, 15) is 5.26 Å². The molecule has 14 aromatic rings. The van der Waals surface area contributed by atoms with Crippen LogP contribution in [0.5, 0.6) is 0 Å². The zero-order chi connectivity index (χ0) is 47.7. The van der Waals surface area contributed by atoms with E-state index in [1.165, 1.54) is 20.2 Å². The Kier molecular flexibility index (Phi) is 9.73. The van der Waals surface area contributed by atoms with Gasteiger partial charge in [0.05, 0.1) is 44.1 Å². The van der Waals surface area contributed by atoms with Crippen LogP contribution < -0.4 is 0 Å². The molecule has 0 aliphatic rings. The van der Waals surface area contributed by atoms with E-state index in [4.69, 9.17) is 15.0 Å². The van der Waals surface area contributed by atoms with Crippen molar-refractivity contribution >= 4 is 75.1 Å². The molecule has 0 spiro atoms. The predicted molar refractivity (Wildman–Crippen MR) is 297 cm³/mol. The van der Waals surface area contributed by atoms with Crippen molar-refractivity contribution in [3.63, 3.8) is 0 Å². The molecule has 0 amide bonds. The van der Waals surface area contributed by atoms with Crippen molar-refractivity contribution in [2.75, 3.05) is 0 Å². The van der Waals surface area contributed by atoms with Gasteiger partial charge < -0.3 is 9.13 Å². The van der Waals surface area contributed by atoms with Crippen LogP contribution in [-0.2, 0) is 6.42 Å². The molecule has 0 aliphatic carbocycles. The van der Waals surface area contributed by atoms with Crippen LogP contribution >= 0.6 is 11.3 Å². The molecule has 0 unspecified atom stereocenters. The van der Waals surface area contributed by atoms with E-state index in [1.54, 1.807) is 0 Å². The zero-order valence-electron chi connectivity index (χ0n) is 38.7. The second kappa shape index (κ2) is 16.9. The highest BCUT2D eigenvalue weighted by molar-refractivity contribution is 7.26. The van der Waals surface area contributed by atoms with Gasteiger partial charge in [-0.1, -0.05) is 182 Å². The van der Waals surface area contributed by atoms with Crippen LogP contribution in [-0.4, -0.2) is 24.1 Å². The number of aromatic nitrogens is 5. The summed E-state index contributed by atoms with van der Waals surface area (Å²) in [6.45, 7) is 0. The van der Waals surface area contributed by atoms with E-state index in [1.807, 2.05) is 47.7 Å². The first-order valence-corrected chi connectivity index (χ1v) is 24.9. The number of para-hydroxylation sites is 2. The maximum Gasteiger partial charge on any atom is 0.164 e. The molecule has 0 N–H and O–H groups in total. The van der Waals surface area contributed by atoms with Crippen molar-refractivity contribution in [2.45, 2.75) is 6.42 Å². The Hall–Kier alpha value is -9.48. The van der Waals surface area contributed by atoms with Crippen LogP contribution in [0.15, 0.2) is 231 Å². The standard InChI is InChI=1S/C65H40N6S/c66-40-41-34-36-54(44(38-41)39-60-67-64(51-26-9-7-22-45(51)42-18-3-1-4-19-42)69-65(68-60)52-27-10-8-23-46(52)43-20-5-2-6-21-43)71-55-30-14-11-24-47(55)49-35-37-57-61(62(49)71)53-28-12-15-31-56(53)70(57)58-32-17-29-50-48-25-13-16-33-59(48)72-63(50)58/h1-38H,39H2. The van der Waals surface area contributed by atoms with E-state index >= 15 is 0 Å². The van der Waals surface area contributed by atoms with Gasteiger partial charge in [0, 0.05) is 60.3 Å². The van der Waals surface area contributed by atoms with Gasteiger partial charge in [0.15, 0.2) is 11.6 Å². The van der Waals surface area contributed by atoms with Gasteiger partial charge in [-0.3, -0.25) is 0 Å². The Morgan fingerprint density at radius 1 is 0.417 bits per heavy atom. The van der Waals surface area contributed by atoms with Gasteiger partial charge in [-0.15, -0.1) is 11.3 Å². The van der Waals surface area contributed by atoms with Crippen LogP contribution in [0.2, 0.25) is 0 Å². The van der Waals surface area contributed by atoms with Crippen LogP contribution in [0, 0.1) is 11.3 Å². The highest BCUT2D eigenvalue weighted by atomic mass is 32.1. The van der Waals surface area contributed by atoms with Crippen LogP contribution in [0.1, 0.15) is 17.0 Å². The number of hydrogen-bond donors (Lipinski definition) is 0. The molecule has 0 aliphatic heterocycles. The molecule has 72 heavy (non-hydrogen) atoms. The molecule has 0 atom stereocenters. The minimum Gasteiger partial charge on any atom is -0.308 e. The van der Waals surface area contributed by atoms with E-state index in [2.05, 4.69) is 209 Å². The van der Waals surface area contributed by atoms with Crippen LogP contribution in [0.4, 0.5) is 0 Å². The fourth-order valence-corrected chi connectivity index (χ4v) is 12.2. The van der Waals surface area contributed by atoms with Gasteiger partial charge in [0.1, 0.15) is 5.82 Å². The molecule has 0 fully saturated rings. The lowest BCUT2D eigenvalue weighted by atomic mass is 9.98. The number of nitrogens with zero attached hydrogens (tertiary/aromatic N) is 6. The third-order valence-corrected chi connectivity index (χ3v) is 15.3. The van der Waals surface area contributed by atoms with Crippen molar-refractivity contribution in [1.82, 2.24) is 24.1 Å². The second-order valence-corrected chi connectivity index (χ2v) is 19.2. The molecular weight excluding hydrogens is 897 g/mol. The number of thiophene rings is 1. The van der Waals surface area contributed by atoms with Crippen molar-refractivity contribution in [2.24, 2.45) is 0 Å². The Bertz CT molecular complexity index is 4400. The van der Waals surface area contributed by atoms with Crippen molar-refractivity contribution in [1.29, 1.82) is 5.26 Å². The molecule has 336 valence electrons. The fraction of sp³-hybridized carbons (Fsp3) is 0.0154. The van der Waals surface area contributed by atoms with Crippen molar-refractivity contribution in [3.05, 3.63) is 247 Å². The summed E-state index contributed by atoms with van der Waals surface area (Å²) in [6.07, 6.45) is 0.327. The molecule has 10 aromatic carbocycles. The van der Waals surface area contributed by atoms with Gasteiger partial charge in [-0.05, 0) is 76.3 Å². The van der Waals surface area contributed by atoms with Crippen molar-refractivity contribution in [3.8, 4) is 62.5 Å². The minimum absolute atomic E-state index is 0.327. The molecule has 4 aromatic heterocycles. The number of hydrogen-bond acceptors (Lipinski definition) is 5. The molecule has 7 heteroatoms. The summed E-state index contributed by atoms with van der Waals surface area (Å²) in [7, 11) is 0. The molecule has 0 bridgehead atoms. The lowest BCUT2D eigenvalue weighted by Gasteiger charge is -2.16. The first-order valence-electron chi connectivity index (χ1n) is 24.1. The Morgan fingerprint density at radius 3 is 1.67 bits per heavy atom. The zero-order valence-corrected chi connectivity index (χ0v) is 39.6. The maximum absolute atomic E-state index is 10.5. The van der Waals surface area contributed by atoms with E-state index < -0.39 is 0 Å². The molecule has 4 heterocycles. The first kappa shape index (κ1) is 41.5. The average molecular weight is 937 g/mol. The molecule has 14 rings (SSSR count). The van der Waals surface area contributed by atoms with Gasteiger partial charge >= 0.3 is 0 Å². The second-order valence-electron chi connectivity index (χ2n) is 18.2. The normalized spacial score (nSPS) is 11.7. The summed E-state index contributed by atoms with van der Waals surface area (Å²) in [4.78, 5) is 16.1. The number of benzene rings is 10. The third kappa shape index (κ3) is 6.65. The van der Waals surface area contributed by atoms with Gasteiger partial charge in [0.2, 0.25) is 0 Å². The number of nitriles is 1. The topological polar surface area (TPSA) is 72.3 Å². The minimum atomic E-state index is 0.327. The van der Waals surface area contributed by atoms with Crippen LogP contribution in [0.3, 0.4) is 0 Å². The first-order chi connectivity index (χ1) is 35.7. The average Bonchev–Trinajstić information content (AvgIpc) is 4.12. The van der Waals surface area contributed by atoms with E-state index in [0.717, 1.165) is 93.9 Å². The molecule has 0 saturated heterocycles. The van der Waals surface area contributed by atoms with Gasteiger partial charge in [-0.2, -0.15) is 5.26 Å². The molecule has 0 radical (unpaired) electrons. The molecule has 0 saturated carbocycles. The molecular formula is C65H40N6S. The predicted octanol–water partition coefficient (Wildman–Crippen LogP) is 16.6. The lowest BCUT2D eigenvalue weighted by Crippen LogP contribution is -2.08. The van der Waals surface area contributed by atoms with Crippen molar-refractivity contribution < 1.29 is 0 Å². The van der Waals surface area contributed by atoms with Gasteiger partial charge in [0.25, 0.3) is 0 Å². The maximum atomic E-state index is 10.5. The summed E-state index contributed by atoms with van der Waals surface area (Å²) in [5, 5.41) is 17.7. The lowest BCUT2D eigenvalue weighted by molar-refractivity contribution is 0.925. The number of rotatable bonds is 8. The van der Waals surface area contributed by atoms with E-state index in [0.29, 0.717) is 29.5 Å². The Labute approximate surface area is 418 Å². The smallest absolute Gasteiger partial charge is 0.164 e. The summed E-state index contributed by atoms with van der Waals surface area (Å²) in [5.41, 5.74) is 14.0. The summed E-state index contributed by atoms with van der Waals surface area (Å²) in [5.74, 6) is 1.75. The highest BCUT2D eigenvalue weighted by Crippen LogP contribution is 2.45. The number of fused-ring (bicyclic) bond motifs is 10. The van der Waals surface area contributed by atoms with Gasteiger partial charge in [-0.25, -0.2) is 15.0 Å². The fourth-order valence-electron chi connectivity index (χ4n) is 10.9. The quantitative estimate of drug-likeness (QED) is 0.152. The third-order valence-electron chi connectivity index (χ3n) is 14.1. The highest BCUT2D eigenvalue weighted by Gasteiger charge is 2.25. The van der Waals surface area contributed by atoms with Crippen LogP contribution in [0.25, 0.3) is 120 Å². The Balaban J connectivity index is 1.02. The Morgan fingerprint density at radius 2 is 0.986 bits per heavy atom. The summed E-state index contributed by atoms with van der Waals surface area (Å²) in [6, 6.07) is 83.4. The monoisotopic (exact) mass is 936 g/mol.